The van der Waals surface area contributed by atoms with Crippen LogP contribution in [0.3, 0.4) is 0 Å². The molecular formula is C36H21N3S. The first-order valence-electron chi connectivity index (χ1n) is 13.4. The maximum Gasteiger partial charge on any atom is 0.235 e. The van der Waals surface area contributed by atoms with E-state index < -0.39 is 0 Å². The second-order valence-corrected chi connectivity index (χ2v) is 11.3. The molecule has 0 amide bonds. The predicted molar refractivity (Wildman–Crippen MR) is 170 cm³/mol. The van der Waals surface area contributed by atoms with E-state index in [0.717, 1.165) is 33.2 Å². The summed E-state index contributed by atoms with van der Waals surface area (Å²) in [6.45, 7) is 0. The van der Waals surface area contributed by atoms with Crippen molar-refractivity contribution in [2.24, 2.45) is 0 Å². The van der Waals surface area contributed by atoms with E-state index in [2.05, 4.69) is 120 Å². The zero-order chi connectivity index (χ0) is 26.2. The van der Waals surface area contributed by atoms with Crippen LogP contribution in [0.25, 0.3) is 80.9 Å². The summed E-state index contributed by atoms with van der Waals surface area (Å²) >= 11 is 1.87. The summed E-state index contributed by atoms with van der Waals surface area (Å²) < 4.78 is 4.85. The number of rotatable bonds is 2. The number of hydrogen-bond acceptors (Lipinski definition) is 3. The van der Waals surface area contributed by atoms with Crippen molar-refractivity contribution in [1.29, 1.82) is 0 Å². The number of aromatic nitrogens is 3. The lowest BCUT2D eigenvalue weighted by atomic mass is 10.0. The first kappa shape index (κ1) is 21.8. The van der Waals surface area contributed by atoms with Gasteiger partial charge in [0.1, 0.15) is 0 Å². The van der Waals surface area contributed by atoms with Crippen LogP contribution in [0.1, 0.15) is 0 Å². The lowest BCUT2D eigenvalue weighted by Crippen LogP contribution is -2.03. The molecule has 9 aromatic rings. The van der Waals surface area contributed by atoms with Gasteiger partial charge < -0.3 is 0 Å². The normalized spacial score (nSPS) is 12.0. The third-order valence-corrected chi connectivity index (χ3v) is 9.20. The van der Waals surface area contributed by atoms with Crippen molar-refractivity contribution in [3.05, 3.63) is 127 Å². The number of fused-ring (bicyclic) bond motifs is 9. The number of hydrogen-bond donors (Lipinski definition) is 0. The average molecular weight is 528 g/mol. The number of benzene rings is 6. The average Bonchev–Trinajstić information content (AvgIpc) is 3.55. The van der Waals surface area contributed by atoms with Crippen molar-refractivity contribution >= 4 is 75.0 Å². The second kappa shape index (κ2) is 8.22. The number of para-hydroxylation sites is 2. The van der Waals surface area contributed by atoms with Crippen molar-refractivity contribution in [2.45, 2.75) is 0 Å². The molecule has 186 valence electrons. The maximum atomic E-state index is 5.23. The highest BCUT2D eigenvalue weighted by Gasteiger charge is 2.19. The van der Waals surface area contributed by atoms with Gasteiger partial charge in [-0.3, -0.25) is 4.57 Å². The SMILES string of the molecule is c1ccc(-c2nc(-n3c4ccccc4c4cc5c(cc43)sc3c4ccccc4ccc53)nc3ccccc23)cc1. The fraction of sp³-hybridized carbons (Fsp3) is 0. The highest BCUT2D eigenvalue weighted by Crippen LogP contribution is 2.42. The molecule has 9 rings (SSSR count). The Kier molecular flexibility index (Phi) is 4.48. The van der Waals surface area contributed by atoms with Crippen LogP contribution in [-0.2, 0) is 0 Å². The van der Waals surface area contributed by atoms with E-state index in [-0.39, 0.29) is 0 Å². The predicted octanol–water partition coefficient (Wildman–Crippen LogP) is 9.91. The van der Waals surface area contributed by atoms with E-state index in [1.807, 2.05) is 23.5 Å². The van der Waals surface area contributed by atoms with Crippen LogP contribution in [0, 0.1) is 0 Å². The smallest absolute Gasteiger partial charge is 0.235 e. The van der Waals surface area contributed by atoms with Gasteiger partial charge in [-0.2, -0.15) is 0 Å². The van der Waals surface area contributed by atoms with E-state index in [4.69, 9.17) is 9.97 Å². The van der Waals surface area contributed by atoms with Gasteiger partial charge in [-0.1, -0.05) is 103 Å². The summed E-state index contributed by atoms with van der Waals surface area (Å²) in [4.78, 5) is 10.4. The molecule has 0 saturated heterocycles. The molecule has 0 fully saturated rings. The minimum Gasteiger partial charge on any atom is -0.278 e. The summed E-state index contributed by atoms with van der Waals surface area (Å²) in [6, 6.07) is 45.2. The Labute approximate surface area is 233 Å². The Morgan fingerprint density at radius 1 is 0.500 bits per heavy atom. The number of nitrogens with zero attached hydrogens (tertiary/aromatic N) is 3. The maximum absolute atomic E-state index is 5.23. The molecule has 0 atom stereocenters. The van der Waals surface area contributed by atoms with Crippen LogP contribution in [0.4, 0.5) is 0 Å². The monoisotopic (exact) mass is 527 g/mol. The van der Waals surface area contributed by atoms with Gasteiger partial charge in [0.25, 0.3) is 0 Å². The van der Waals surface area contributed by atoms with Gasteiger partial charge in [0.15, 0.2) is 0 Å². The topological polar surface area (TPSA) is 30.7 Å². The van der Waals surface area contributed by atoms with E-state index in [9.17, 15) is 0 Å². The van der Waals surface area contributed by atoms with Gasteiger partial charge in [-0.25, -0.2) is 9.97 Å². The van der Waals surface area contributed by atoms with Gasteiger partial charge in [0, 0.05) is 41.9 Å². The Morgan fingerprint density at radius 3 is 2.15 bits per heavy atom. The molecule has 0 spiro atoms. The molecule has 0 saturated carbocycles. The molecular weight excluding hydrogens is 506 g/mol. The molecule has 0 aliphatic rings. The van der Waals surface area contributed by atoms with Crippen molar-refractivity contribution in [3.8, 4) is 17.2 Å². The van der Waals surface area contributed by atoms with Gasteiger partial charge in [-0.15, -0.1) is 11.3 Å². The zero-order valence-electron chi connectivity index (χ0n) is 21.4. The molecule has 0 aliphatic carbocycles. The Hall–Kier alpha value is -5.06. The number of thiophene rings is 1. The van der Waals surface area contributed by atoms with Gasteiger partial charge in [-0.05, 0) is 35.0 Å². The fourth-order valence-electron chi connectivity index (χ4n) is 6.16. The van der Waals surface area contributed by atoms with Crippen molar-refractivity contribution in [3.63, 3.8) is 0 Å². The zero-order valence-corrected chi connectivity index (χ0v) is 22.2. The molecule has 0 bridgehead atoms. The third kappa shape index (κ3) is 3.05. The van der Waals surface area contributed by atoms with Crippen LogP contribution >= 0.6 is 11.3 Å². The Balaban J connectivity index is 1.41. The van der Waals surface area contributed by atoms with Gasteiger partial charge >= 0.3 is 0 Å². The van der Waals surface area contributed by atoms with E-state index in [1.54, 1.807) is 0 Å². The van der Waals surface area contributed by atoms with Gasteiger partial charge in [0.2, 0.25) is 5.95 Å². The standard InChI is InChI=1S/C36H21N3S/c1-2-11-23(12-3-1)34-27-15-6-8-16-30(27)37-36(38-34)39-31-17-9-7-14-25(31)28-20-29-26-19-18-22-10-4-5-13-24(22)35(26)40-33(29)21-32(28)39/h1-21H. The minimum absolute atomic E-state index is 0.690. The summed E-state index contributed by atoms with van der Waals surface area (Å²) in [5.74, 6) is 0.690. The lowest BCUT2D eigenvalue weighted by molar-refractivity contribution is 1.01. The fourth-order valence-corrected chi connectivity index (χ4v) is 7.41. The highest BCUT2D eigenvalue weighted by atomic mass is 32.1. The van der Waals surface area contributed by atoms with Crippen LogP contribution in [0.2, 0.25) is 0 Å². The largest absolute Gasteiger partial charge is 0.278 e. The van der Waals surface area contributed by atoms with Crippen LogP contribution in [0.15, 0.2) is 127 Å². The molecule has 3 nitrogen and oxygen atoms in total. The van der Waals surface area contributed by atoms with E-state index in [1.165, 1.54) is 41.7 Å². The highest BCUT2D eigenvalue weighted by molar-refractivity contribution is 7.26. The minimum atomic E-state index is 0.690. The summed E-state index contributed by atoms with van der Waals surface area (Å²) in [5.41, 5.74) is 5.20. The molecule has 0 unspecified atom stereocenters. The molecule has 4 heteroatoms. The molecule has 0 N–H and O–H groups in total. The molecule has 3 aromatic heterocycles. The molecule has 0 aliphatic heterocycles. The van der Waals surface area contributed by atoms with Crippen molar-refractivity contribution in [2.75, 3.05) is 0 Å². The van der Waals surface area contributed by atoms with Crippen molar-refractivity contribution in [1.82, 2.24) is 14.5 Å². The second-order valence-electron chi connectivity index (χ2n) is 10.2. The van der Waals surface area contributed by atoms with Crippen LogP contribution in [-0.4, -0.2) is 14.5 Å². The summed E-state index contributed by atoms with van der Waals surface area (Å²) in [7, 11) is 0. The summed E-state index contributed by atoms with van der Waals surface area (Å²) in [5, 5.41) is 8.67. The van der Waals surface area contributed by atoms with Crippen molar-refractivity contribution < 1.29 is 0 Å². The third-order valence-electron chi connectivity index (χ3n) is 7.99. The van der Waals surface area contributed by atoms with Crippen LogP contribution < -0.4 is 0 Å². The quantitative estimate of drug-likeness (QED) is 0.224. The molecule has 0 radical (unpaired) electrons. The first-order valence-corrected chi connectivity index (χ1v) is 14.2. The lowest BCUT2D eigenvalue weighted by Gasteiger charge is -2.11. The van der Waals surface area contributed by atoms with Crippen LogP contribution in [0.5, 0.6) is 0 Å². The molecule has 3 heterocycles. The first-order chi connectivity index (χ1) is 19.8. The Bertz CT molecular complexity index is 2430. The van der Waals surface area contributed by atoms with E-state index in [0.29, 0.717) is 5.95 Å². The van der Waals surface area contributed by atoms with E-state index >= 15 is 0 Å². The molecule has 6 aromatic carbocycles. The molecule has 40 heavy (non-hydrogen) atoms. The Morgan fingerprint density at radius 2 is 1.25 bits per heavy atom. The van der Waals surface area contributed by atoms with Gasteiger partial charge in [0.05, 0.1) is 22.2 Å². The summed E-state index contributed by atoms with van der Waals surface area (Å²) in [6.07, 6.45) is 0.